The van der Waals surface area contributed by atoms with E-state index in [1.165, 1.54) is 25.7 Å². The van der Waals surface area contributed by atoms with E-state index in [9.17, 15) is 0 Å². The minimum absolute atomic E-state index is 0.866. The molecule has 0 radical (unpaired) electrons. The van der Waals surface area contributed by atoms with Gasteiger partial charge in [0.05, 0.1) is 0 Å². The summed E-state index contributed by atoms with van der Waals surface area (Å²) < 4.78 is 0. The minimum Gasteiger partial charge on any atom is -0.311 e. The first kappa shape index (κ1) is 9.51. The molecule has 13 heavy (non-hydrogen) atoms. The van der Waals surface area contributed by atoms with Crippen LogP contribution in [0.3, 0.4) is 0 Å². The third-order valence-corrected chi connectivity index (χ3v) is 3.96. The summed E-state index contributed by atoms with van der Waals surface area (Å²) in [4.78, 5) is 0. The number of hydrogen-bond acceptors (Lipinski definition) is 1. The molecule has 2 aliphatic carbocycles. The Morgan fingerprint density at radius 3 is 2.00 bits per heavy atom. The molecule has 2 fully saturated rings. The Kier molecular flexibility index (Phi) is 2.64. The summed E-state index contributed by atoms with van der Waals surface area (Å²) >= 11 is 0. The van der Waals surface area contributed by atoms with Crippen molar-refractivity contribution in [1.82, 2.24) is 5.32 Å². The summed E-state index contributed by atoms with van der Waals surface area (Å²) in [6, 6.07) is 1.73. The molecular weight excluding hydrogens is 158 g/mol. The van der Waals surface area contributed by atoms with Crippen molar-refractivity contribution in [3.8, 4) is 0 Å². The van der Waals surface area contributed by atoms with Crippen LogP contribution in [-0.2, 0) is 0 Å². The van der Waals surface area contributed by atoms with Gasteiger partial charge in [0.15, 0.2) is 0 Å². The highest BCUT2D eigenvalue weighted by Crippen LogP contribution is 2.36. The Labute approximate surface area is 82.3 Å². The van der Waals surface area contributed by atoms with Gasteiger partial charge in [-0.2, -0.15) is 0 Å². The van der Waals surface area contributed by atoms with Crippen LogP contribution in [-0.4, -0.2) is 12.1 Å². The van der Waals surface area contributed by atoms with E-state index in [1.54, 1.807) is 0 Å². The number of rotatable bonds is 3. The van der Waals surface area contributed by atoms with Crippen LogP contribution in [0.2, 0.25) is 0 Å². The molecule has 2 saturated carbocycles. The van der Waals surface area contributed by atoms with Gasteiger partial charge in [-0.3, -0.25) is 0 Å². The highest BCUT2D eigenvalue weighted by atomic mass is 15.0. The van der Waals surface area contributed by atoms with Crippen molar-refractivity contribution >= 4 is 0 Å². The SMILES string of the molecule is CC1CC(NC2CC(C(C)C)C2)C1. The second-order valence-electron chi connectivity index (χ2n) is 5.61. The van der Waals surface area contributed by atoms with Crippen molar-refractivity contribution in [2.45, 2.75) is 58.5 Å². The Balaban J connectivity index is 1.59. The monoisotopic (exact) mass is 181 g/mol. The third kappa shape index (κ3) is 2.07. The molecule has 2 aliphatic rings. The summed E-state index contributed by atoms with van der Waals surface area (Å²) in [6.45, 7) is 7.06. The van der Waals surface area contributed by atoms with E-state index in [4.69, 9.17) is 0 Å². The van der Waals surface area contributed by atoms with E-state index in [0.717, 1.165) is 29.8 Å². The molecule has 1 heteroatoms. The topological polar surface area (TPSA) is 12.0 Å². The summed E-state index contributed by atoms with van der Waals surface area (Å²) in [7, 11) is 0. The molecule has 0 spiro atoms. The van der Waals surface area contributed by atoms with Crippen LogP contribution in [0.25, 0.3) is 0 Å². The third-order valence-electron chi connectivity index (χ3n) is 3.96. The zero-order chi connectivity index (χ0) is 9.42. The van der Waals surface area contributed by atoms with Crippen LogP contribution < -0.4 is 5.32 Å². The second kappa shape index (κ2) is 3.61. The molecule has 0 atom stereocenters. The van der Waals surface area contributed by atoms with Crippen LogP contribution in [0.15, 0.2) is 0 Å². The molecule has 1 nitrogen and oxygen atoms in total. The van der Waals surface area contributed by atoms with Crippen molar-refractivity contribution in [3.63, 3.8) is 0 Å². The minimum atomic E-state index is 0.866. The maximum absolute atomic E-state index is 3.77. The Morgan fingerprint density at radius 1 is 1.00 bits per heavy atom. The standard InChI is InChI=1S/C12H23N/c1-8(2)10-6-12(7-10)13-11-4-9(3)5-11/h8-13H,4-7H2,1-3H3. The van der Waals surface area contributed by atoms with Crippen LogP contribution in [0.1, 0.15) is 46.5 Å². The summed E-state index contributed by atoms with van der Waals surface area (Å²) in [5.41, 5.74) is 0. The van der Waals surface area contributed by atoms with Gasteiger partial charge >= 0.3 is 0 Å². The maximum Gasteiger partial charge on any atom is 0.00751 e. The van der Waals surface area contributed by atoms with Gasteiger partial charge in [0, 0.05) is 12.1 Å². The van der Waals surface area contributed by atoms with Gasteiger partial charge in [0.25, 0.3) is 0 Å². The molecule has 0 aromatic carbocycles. The molecule has 0 aromatic heterocycles. The van der Waals surface area contributed by atoms with Crippen LogP contribution in [0.5, 0.6) is 0 Å². The largest absolute Gasteiger partial charge is 0.311 e. The van der Waals surface area contributed by atoms with Gasteiger partial charge < -0.3 is 5.32 Å². The summed E-state index contributed by atoms with van der Waals surface area (Å²) in [5, 5.41) is 3.77. The fraction of sp³-hybridized carbons (Fsp3) is 1.00. The van der Waals surface area contributed by atoms with E-state index < -0.39 is 0 Å². The molecule has 0 unspecified atom stereocenters. The molecule has 0 saturated heterocycles. The fourth-order valence-corrected chi connectivity index (χ4v) is 2.71. The lowest BCUT2D eigenvalue weighted by atomic mass is 9.72. The van der Waals surface area contributed by atoms with Crippen LogP contribution >= 0.6 is 0 Å². The Hall–Kier alpha value is -0.0400. The Morgan fingerprint density at radius 2 is 1.54 bits per heavy atom. The number of hydrogen-bond donors (Lipinski definition) is 1. The molecular formula is C12H23N. The molecule has 0 heterocycles. The van der Waals surface area contributed by atoms with Crippen molar-refractivity contribution in [2.24, 2.45) is 17.8 Å². The van der Waals surface area contributed by atoms with Crippen LogP contribution in [0, 0.1) is 17.8 Å². The molecule has 2 rings (SSSR count). The lowest BCUT2D eigenvalue weighted by Gasteiger charge is -2.44. The summed E-state index contributed by atoms with van der Waals surface area (Å²) in [6.07, 6.45) is 5.71. The molecule has 1 N–H and O–H groups in total. The predicted octanol–water partition coefficient (Wildman–Crippen LogP) is 2.81. The van der Waals surface area contributed by atoms with Gasteiger partial charge in [-0.1, -0.05) is 20.8 Å². The highest BCUT2D eigenvalue weighted by molar-refractivity contribution is 4.92. The fourth-order valence-electron chi connectivity index (χ4n) is 2.71. The summed E-state index contributed by atoms with van der Waals surface area (Å²) in [5.74, 6) is 2.90. The van der Waals surface area contributed by atoms with Crippen molar-refractivity contribution < 1.29 is 0 Å². The maximum atomic E-state index is 3.77. The molecule has 0 amide bonds. The van der Waals surface area contributed by atoms with Crippen molar-refractivity contribution in [3.05, 3.63) is 0 Å². The first-order chi connectivity index (χ1) is 6.15. The lowest BCUT2D eigenvalue weighted by molar-refractivity contribution is 0.123. The van der Waals surface area contributed by atoms with Gasteiger partial charge in [-0.05, 0) is 43.4 Å². The average molecular weight is 181 g/mol. The second-order valence-corrected chi connectivity index (χ2v) is 5.61. The van der Waals surface area contributed by atoms with E-state index in [-0.39, 0.29) is 0 Å². The molecule has 0 aromatic rings. The first-order valence-electron chi connectivity index (χ1n) is 5.91. The zero-order valence-electron chi connectivity index (χ0n) is 9.22. The molecule has 0 bridgehead atoms. The van der Waals surface area contributed by atoms with E-state index in [2.05, 4.69) is 26.1 Å². The van der Waals surface area contributed by atoms with Gasteiger partial charge in [0.1, 0.15) is 0 Å². The van der Waals surface area contributed by atoms with E-state index in [1.807, 2.05) is 0 Å². The zero-order valence-corrected chi connectivity index (χ0v) is 9.22. The smallest absolute Gasteiger partial charge is 0.00751 e. The van der Waals surface area contributed by atoms with E-state index >= 15 is 0 Å². The highest BCUT2D eigenvalue weighted by Gasteiger charge is 2.34. The van der Waals surface area contributed by atoms with Gasteiger partial charge in [-0.15, -0.1) is 0 Å². The molecule has 76 valence electrons. The Bertz CT molecular complexity index is 164. The van der Waals surface area contributed by atoms with Gasteiger partial charge in [0.2, 0.25) is 0 Å². The quantitative estimate of drug-likeness (QED) is 0.706. The normalized spacial score (nSPS) is 44.3. The van der Waals surface area contributed by atoms with Crippen LogP contribution in [0.4, 0.5) is 0 Å². The average Bonchev–Trinajstić information content (AvgIpc) is 1.90. The lowest BCUT2D eigenvalue weighted by Crippen LogP contribution is -2.51. The van der Waals surface area contributed by atoms with Crippen molar-refractivity contribution in [2.75, 3.05) is 0 Å². The first-order valence-corrected chi connectivity index (χ1v) is 5.91. The van der Waals surface area contributed by atoms with Gasteiger partial charge in [-0.25, -0.2) is 0 Å². The van der Waals surface area contributed by atoms with Crippen molar-refractivity contribution in [1.29, 1.82) is 0 Å². The molecule has 0 aliphatic heterocycles. The predicted molar refractivity (Wildman–Crippen MR) is 56.7 cm³/mol. The van der Waals surface area contributed by atoms with E-state index in [0.29, 0.717) is 0 Å². The number of nitrogens with one attached hydrogen (secondary N) is 1.